The quantitative estimate of drug-likeness (QED) is 0.488. The fourth-order valence-electron chi connectivity index (χ4n) is 3.35. The first-order valence-corrected chi connectivity index (χ1v) is 11.0. The van der Waals surface area contributed by atoms with Crippen LogP contribution >= 0.6 is 0 Å². The third-order valence-corrected chi connectivity index (χ3v) is 4.79. The zero-order chi connectivity index (χ0) is 21.6. The van der Waals surface area contributed by atoms with Crippen molar-refractivity contribution in [1.82, 2.24) is 10.2 Å². The highest BCUT2D eigenvalue weighted by atomic mass is 16.5. The van der Waals surface area contributed by atoms with Gasteiger partial charge in [-0.25, -0.2) is 0 Å². The predicted molar refractivity (Wildman–Crippen MR) is 121 cm³/mol. The highest BCUT2D eigenvalue weighted by Crippen LogP contribution is 2.29. The van der Waals surface area contributed by atoms with Crippen LogP contribution in [0.3, 0.4) is 0 Å². The first kappa shape index (κ1) is 23.5. The molecule has 0 saturated carbocycles. The van der Waals surface area contributed by atoms with E-state index in [0.717, 1.165) is 42.8 Å². The third-order valence-electron chi connectivity index (χ3n) is 4.79. The van der Waals surface area contributed by atoms with Crippen LogP contribution in [0.4, 0.5) is 0 Å². The van der Waals surface area contributed by atoms with Crippen LogP contribution in [0.5, 0.6) is 5.75 Å². The molecule has 5 nitrogen and oxygen atoms in total. The number of ether oxygens (including phenoxy) is 1. The maximum atomic E-state index is 12.2. The van der Waals surface area contributed by atoms with Crippen molar-refractivity contribution in [1.29, 1.82) is 0 Å². The maximum Gasteiger partial charge on any atom is 0.222 e. The molecule has 2 rings (SSSR count). The van der Waals surface area contributed by atoms with E-state index >= 15 is 0 Å². The summed E-state index contributed by atoms with van der Waals surface area (Å²) in [5.41, 5.74) is 2.13. The first-order chi connectivity index (χ1) is 14.7. The van der Waals surface area contributed by atoms with Crippen molar-refractivity contribution in [3.8, 4) is 16.9 Å². The van der Waals surface area contributed by atoms with Gasteiger partial charge in [0.05, 0.1) is 6.54 Å². The molecule has 2 aromatic rings. The van der Waals surface area contributed by atoms with E-state index in [9.17, 15) is 9.59 Å². The van der Waals surface area contributed by atoms with Crippen molar-refractivity contribution in [2.24, 2.45) is 0 Å². The van der Waals surface area contributed by atoms with Gasteiger partial charge in [0, 0.05) is 31.5 Å². The molecule has 0 atom stereocenters. The van der Waals surface area contributed by atoms with E-state index in [4.69, 9.17) is 4.74 Å². The Balaban J connectivity index is 1.69. The van der Waals surface area contributed by atoms with Gasteiger partial charge in [0.1, 0.15) is 12.4 Å². The summed E-state index contributed by atoms with van der Waals surface area (Å²) >= 11 is 0. The van der Waals surface area contributed by atoms with Gasteiger partial charge in [-0.05, 0) is 30.9 Å². The summed E-state index contributed by atoms with van der Waals surface area (Å²) in [5.74, 6) is 0.906. The van der Waals surface area contributed by atoms with Crippen LogP contribution < -0.4 is 10.1 Å². The molecule has 162 valence electrons. The Morgan fingerprint density at radius 1 is 0.900 bits per heavy atom. The molecule has 0 fully saturated rings. The van der Waals surface area contributed by atoms with Gasteiger partial charge in [-0.2, -0.15) is 0 Å². The number of benzene rings is 2. The smallest absolute Gasteiger partial charge is 0.222 e. The number of hydrogen-bond donors (Lipinski definition) is 1. The molecule has 0 aliphatic carbocycles. The standard InChI is InChI=1S/C25H34N2O3/c1-3-18-27(19-4-2)25(29)16-10-15-24(28)26-17-20-30-23-14-9-8-13-22(23)21-11-6-5-7-12-21/h5-9,11-14H,3-4,10,15-20H2,1-2H3,(H,26,28). The number of amides is 2. The summed E-state index contributed by atoms with van der Waals surface area (Å²) in [5, 5.41) is 2.88. The SMILES string of the molecule is CCCN(CCC)C(=O)CCCC(=O)NCCOc1ccccc1-c1ccccc1. The Hall–Kier alpha value is -2.82. The summed E-state index contributed by atoms with van der Waals surface area (Å²) in [6, 6.07) is 18.0. The summed E-state index contributed by atoms with van der Waals surface area (Å²) in [6.07, 6.45) is 3.28. The normalized spacial score (nSPS) is 10.5. The molecule has 30 heavy (non-hydrogen) atoms. The Kier molecular flexibility index (Phi) is 10.5. The number of carbonyl (C=O) groups excluding carboxylic acids is 2. The van der Waals surface area contributed by atoms with Crippen LogP contribution in [0.1, 0.15) is 46.0 Å². The van der Waals surface area contributed by atoms with Crippen molar-refractivity contribution in [2.75, 3.05) is 26.2 Å². The number of rotatable bonds is 13. The first-order valence-electron chi connectivity index (χ1n) is 11.0. The van der Waals surface area contributed by atoms with Gasteiger partial charge in [0.2, 0.25) is 11.8 Å². The number of hydrogen-bond acceptors (Lipinski definition) is 3. The molecule has 0 saturated heterocycles. The van der Waals surface area contributed by atoms with Gasteiger partial charge in [0.15, 0.2) is 0 Å². The molecule has 0 aromatic heterocycles. The second-order valence-corrected chi connectivity index (χ2v) is 7.29. The summed E-state index contributed by atoms with van der Waals surface area (Å²) < 4.78 is 5.89. The Bertz CT molecular complexity index is 771. The lowest BCUT2D eigenvalue weighted by atomic mass is 10.1. The van der Waals surface area contributed by atoms with Crippen molar-refractivity contribution in [2.45, 2.75) is 46.0 Å². The minimum absolute atomic E-state index is 0.0414. The third kappa shape index (κ3) is 7.90. The second kappa shape index (κ2) is 13.4. The Labute approximate surface area is 180 Å². The average molecular weight is 411 g/mol. The fraction of sp³-hybridized carbons (Fsp3) is 0.440. The van der Waals surface area contributed by atoms with Gasteiger partial charge in [0.25, 0.3) is 0 Å². The zero-order valence-electron chi connectivity index (χ0n) is 18.2. The summed E-state index contributed by atoms with van der Waals surface area (Å²) in [4.78, 5) is 26.2. The molecule has 5 heteroatoms. The molecule has 0 spiro atoms. The minimum atomic E-state index is -0.0414. The Morgan fingerprint density at radius 3 is 2.27 bits per heavy atom. The van der Waals surface area contributed by atoms with Crippen LogP contribution in [-0.4, -0.2) is 43.0 Å². The molecule has 0 aliphatic rings. The van der Waals surface area contributed by atoms with Crippen LogP contribution in [0, 0.1) is 0 Å². The van der Waals surface area contributed by atoms with E-state index in [-0.39, 0.29) is 11.8 Å². The van der Waals surface area contributed by atoms with E-state index in [0.29, 0.717) is 32.4 Å². The lowest BCUT2D eigenvalue weighted by Gasteiger charge is -2.21. The van der Waals surface area contributed by atoms with E-state index in [1.165, 1.54) is 0 Å². The van der Waals surface area contributed by atoms with Gasteiger partial charge >= 0.3 is 0 Å². The fourth-order valence-corrected chi connectivity index (χ4v) is 3.35. The molecule has 0 unspecified atom stereocenters. The van der Waals surface area contributed by atoms with Crippen LogP contribution in [0.2, 0.25) is 0 Å². The van der Waals surface area contributed by atoms with Crippen molar-refractivity contribution < 1.29 is 14.3 Å². The van der Waals surface area contributed by atoms with Crippen LogP contribution in [0.15, 0.2) is 54.6 Å². The molecular weight excluding hydrogens is 376 g/mol. The molecule has 0 aliphatic heterocycles. The van der Waals surface area contributed by atoms with Gasteiger partial charge in [-0.1, -0.05) is 62.4 Å². The number of para-hydroxylation sites is 1. The average Bonchev–Trinajstić information content (AvgIpc) is 2.77. The highest BCUT2D eigenvalue weighted by Gasteiger charge is 2.12. The predicted octanol–water partition coefficient (Wildman–Crippen LogP) is 4.67. The topological polar surface area (TPSA) is 58.6 Å². The maximum absolute atomic E-state index is 12.2. The zero-order valence-corrected chi connectivity index (χ0v) is 18.2. The highest BCUT2D eigenvalue weighted by molar-refractivity contribution is 5.79. The summed E-state index contributed by atoms with van der Waals surface area (Å²) in [6.45, 7) is 6.57. The van der Waals surface area contributed by atoms with E-state index in [1.807, 2.05) is 59.5 Å². The molecule has 0 heterocycles. The molecule has 2 aromatic carbocycles. The van der Waals surface area contributed by atoms with Crippen molar-refractivity contribution in [3.63, 3.8) is 0 Å². The molecular formula is C25H34N2O3. The van der Waals surface area contributed by atoms with E-state index in [2.05, 4.69) is 19.2 Å². The van der Waals surface area contributed by atoms with Crippen LogP contribution in [0.25, 0.3) is 11.1 Å². The van der Waals surface area contributed by atoms with E-state index in [1.54, 1.807) is 0 Å². The van der Waals surface area contributed by atoms with Crippen molar-refractivity contribution >= 4 is 11.8 Å². The number of carbonyl (C=O) groups is 2. The van der Waals surface area contributed by atoms with Gasteiger partial charge in [-0.15, -0.1) is 0 Å². The largest absolute Gasteiger partial charge is 0.491 e. The van der Waals surface area contributed by atoms with Gasteiger partial charge in [-0.3, -0.25) is 9.59 Å². The molecule has 0 radical (unpaired) electrons. The molecule has 0 bridgehead atoms. The number of nitrogens with one attached hydrogen (secondary N) is 1. The van der Waals surface area contributed by atoms with Crippen LogP contribution in [-0.2, 0) is 9.59 Å². The van der Waals surface area contributed by atoms with E-state index < -0.39 is 0 Å². The van der Waals surface area contributed by atoms with Crippen molar-refractivity contribution in [3.05, 3.63) is 54.6 Å². The lowest BCUT2D eigenvalue weighted by molar-refractivity contribution is -0.131. The lowest BCUT2D eigenvalue weighted by Crippen LogP contribution is -2.33. The summed E-state index contributed by atoms with van der Waals surface area (Å²) in [7, 11) is 0. The minimum Gasteiger partial charge on any atom is -0.491 e. The molecule has 2 amide bonds. The molecule has 1 N–H and O–H groups in total. The number of nitrogens with zero attached hydrogens (tertiary/aromatic N) is 1. The monoisotopic (exact) mass is 410 g/mol. The Morgan fingerprint density at radius 2 is 1.57 bits per heavy atom. The van der Waals surface area contributed by atoms with Gasteiger partial charge < -0.3 is 15.0 Å². The second-order valence-electron chi connectivity index (χ2n) is 7.29.